The Labute approximate surface area is 160 Å². The van der Waals surface area contributed by atoms with Crippen molar-refractivity contribution in [3.63, 3.8) is 0 Å². The Morgan fingerprint density at radius 1 is 0.964 bits per heavy atom. The van der Waals surface area contributed by atoms with E-state index in [2.05, 4.69) is 10.3 Å². The number of methoxy groups -OCH3 is 2. The van der Waals surface area contributed by atoms with E-state index in [1.54, 1.807) is 37.3 Å². The van der Waals surface area contributed by atoms with Gasteiger partial charge in [-0.1, -0.05) is 11.3 Å². The number of carbonyl (C=O) groups excluding carboxylic acids is 2. The summed E-state index contributed by atoms with van der Waals surface area (Å²) in [6.45, 7) is 1.64. The van der Waals surface area contributed by atoms with E-state index >= 15 is 0 Å². The average molecular weight is 384 g/mol. The van der Waals surface area contributed by atoms with Crippen molar-refractivity contribution in [3.8, 4) is 11.5 Å². The molecule has 0 bridgehead atoms. The molecule has 0 radical (unpaired) electrons. The van der Waals surface area contributed by atoms with Gasteiger partial charge >= 0.3 is 0 Å². The minimum absolute atomic E-state index is 0.340. The first-order valence-electron chi connectivity index (χ1n) is 8.52. The number of nitrogens with zero attached hydrogens (tertiary/aromatic N) is 4. The van der Waals surface area contributed by atoms with Crippen LogP contribution in [0.1, 0.15) is 5.56 Å². The third-order valence-electron chi connectivity index (χ3n) is 4.83. The van der Waals surface area contributed by atoms with Gasteiger partial charge in [0.2, 0.25) is 0 Å². The van der Waals surface area contributed by atoms with Crippen LogP contribution in [0, 0.1) is 12.7 Å². The molecule has 9 heteroatoms. The summed E-state index contributed by atoms with van der Waals surface area (Å²) in [5.74, 6) is -0.558. The molecule has 2 aromatic rings. The van der Waals surface area contributed by atoms with Crippen molar-refractivity contribution in [1.82, 2.24) is 0 Å². The first kappa shape index (κ1) is 17.9. The second kappa shape index (κ2) is 6.59. The lowest BCUT2D eigenvalue weighted by Crippen LogP contribution is -2.40. The van der Waals surface area contributed by atoms with Gasteiger partial charge in [-0.15, -0.1) is 0 Å². The molecule has 0 aliphatic carbocycles. The van der Waals surface area contributed by atoms with Crippen LogP contribution in [0.5, 0.6) is 11.5 Å². The number of aryl methyl sites for hydroxylation is 1. The van der Waals surface area contributed by atoms with E-state index < -0.39 is 29.7 Å². The maximum absolute atomic E-state index is 14.0. The molecule has 4 rings (SSSR count). The molecule has 0 saturated carbocycles. The van der Waals surface area contributed by atoms with Gasteiger partial charge < -0.3 is 9.47 Å². The molecule has 144 valence electrons. The Morgan fingerprint density at radius 3 is 2.36 bits per heavy atom. The molecule has 0 N–H and O–H groups in total. The molecule has 0 aromatic heterocycles. The molecule has 2 heterocycles. The standard InChI is InChI=1S/C19H17FN4O4/c1-10-4-5-12(8-13(10)20)24-17-16(21-22-24)18(25)23(19(17)26)11-6-7-14(27-2)15(9-11)28-3/h4-9,16-17H,1-3H3/t16-,17-/m0/s1. The van der Waals surface area contributed by atoms with E-state index in [-0.39, 0.29) is 0 Å². The number of fused-ring (bicyclic) bond motifs is 1. The maximum Gasteiger partial charge on any atom is 0.263 e. The number of carbonyl (C=O) groups is 2. The number of benzene rings is 2. The van der Waals surface area contributed by atoms with Crippen LogP contribution in [-0.4, -0.2) is 38.1 Å². The maximum atomic E-state index is 14.0. The number of hydrogen-bond donors (Lipinski definition) is 0. The summed E-state index contributed by atoms with van der Waals surface area (Å²) in [5.41, 5.74) is 1.17. The fraction of sp³-hybridized carbons (Fsp3) is 0.263. The summed E-state index contributed by atoms with van der Waals surface area (Å²) < 4.78 is 24.4. The van der Waals surface area contributed by atoms with Gasteiger partial charge in [-0.2, -0.15) is 5.11 Å². The minimum Gasteiger partial charge on any atom is -0.493 e. The van der Waals surface area contributed by atoms with Gasteiger partial charge in [-0.05, 0) is 36.8 Å². The van der Waals surface area contributed by atoms with E-state index in [0.29, 0.717) is 28.4 Å². The molecule has 8 nitrogen and oxygen atoms in total. The molecule has 2 atom stereocenters. The zero-order valence-corrected chi connectivity index (χ0v) is 15.4. The fourth-order valence-electron chi connectivity index (χ4n) is 3.32. The number of imide groups is 1. The summed E-state index contributed by atoms with van der Waals surface area (Å²) in [7, 11) is 2.96. The van der Waals surface area contributed by atoms with Gasteiger partial charge in [0.05, 0.1) is 25.6 Å². The lowest BCUT2D eigenvalue weighted by molar-refractivity contribution is -0.121. The van der Waals surface area contributed by atoms with Crippen molar-refractivity contribution in [2.24, 2.45) is 10.3 Å². The van der Waals surface area contributed by atoms with E-state index in [1.807, 2.05) is 0 Å². The second-order valence-electron chi connectivity index (χ2n) is 6.42. The molecule has 1 fully saturated rings. The van der Waals surface area contributed by atoms with E-state index in [1.165, 1.54) is 25.3 Å². The first-order chi connectivity index (χ1) is 13.5. The van der Waals surface area contributed by atoms with Crippen molar-refractivity contribution in [2.45, 2.75) is 19.0 Å². The molecule has 2 amide bonds. The topological polar surface area (TPSA) is 83.8 Å². The highest BCUT2D eigenvalue weighted by Gasteiger charge is 2.55. The van der Waals surface area contributed by atoms with Crippen LogP contribution in [0.2, 0.25) is 0 Å². The zero-order valence-electron chi connectivity index (χ0n) is 15.4. The van der Waals surface area contributed by atoms with Gasteiger partial charge in [0, 0.05) is 6.07 Å². The van der Waals surface area contributed by atoms with Crippen molar-refractivity contribution in [3.05, 3.63) is 47.8 Å². The van der Waals surface area contributed by atoms with Crippen LogP contribution in [0.4, 0.5) is 15.8 Å². The number of ether oxygens (including phenoxy) is 2. The monoisotopic (exact) mass is 384 g/mol. The predicted octanol–water partition coefficient (Wildman–Crippen LogP) is 2.65. The van der Waals surface area contributed by atoms with Gasteiger partial charge in [0.25, 0.3) is 11.8 Å². The summed E-state index contributed by atoms with van der Waals surface area (Å²) in [6.07, 6.45) is 0. The third-order valence-corrected chi connectivity index (χ3v) is 4.83. The van der Waals surface area contributed by atoms with Crippen LogP contribution < -0.4 is 19.4 Å². The molecule has 2 aliphatic rings. The Morgan fingerprint density at radius 2 is 1.68 bits per heavy atom. The third kappa shape index (κ3) is 2.58. The SMILES string of the molecule is COc1ccc(N2C(=O)[C@H]3N=NN(c4ccc(C)c(F)c4)[C@@H]3C2=O)cc1OC. The van der Waals surface area contributed by atoms with Crippen molar-refractivity contribution >= 4 is 23.2 Å². The summed E-state index contributed by atoms with van der Waals surface area (Å²) in [5, 5.41) is 9.17. The minimum atomic E-state index is -0.982. The van der Waals surface area contributed by atoms with Crippen LogP contribution in [0.3, 0.4) is 0 Å². The van der Waals surface area contributed by atoms with Gasteiger partial charge in [0.15, 0.2) is 23.6 Å². The van der Waals surface area contributed by atoms with Crippen LogP contribution in [-0.2, 0) is 9.59 Å². The van der Waals surface area contributed by atoms with E-state index in [4.69, 9.17) is 9.47 Å². The van der Waals surface area contributed by atoms with Crippen molar-refractivity contribution in [1.29, 1.82) is 0 Å². The average Bonchev–Trinajstić information content (AvgIpc) is 3.24. The number of anilines is 2. The summed E-state index contributed by atoms with van der Waals surface area (Å²) in [4.78, 5) is 26.9. The lowest BCUT2D eigenvalue weighted by atomic mass is 10.1. The summed E-state index contributed by atoms with van der Waals surface area (Å²) in [6, 6.07) is 7.30. The Bertz CT molecular complexity index is 1010. The Balaban J connectivity index is 1.69. The van der Waals surface area contributed by atoms with Crippen LogP contribution in [0.15, 0.2) is 46.7 Å². The van der Waals surface area contributed by atoms with E-state index in [9.17, 15) is 14.0 Å². The summed E-state index contributed by atoms with van der Waals surface area (Å²) >= 11 is 0. The highest BCUT2D eigenvalue weighted by atomic mass is 19.1. The molecule has 0 unspecified atom stereocenters. The fourth-order valence-corrected chi connectivity index (χ4v) is 3.32. The van der Waals surface area contributed by atoms with Crippen molar-refractivity contribution < 1.29 is 23.5 Å². The molecule has 28 heavy (non-hydrogen) atoms. The highest BCUT2D eigenvalue weighted by Crippen LogP contribution is 2.38. The predicted molar refractivity (Wildman–Crippen MR) is 98.1 cm³/mol. The molecular formula is C19H17FN4O4. The van der Waals surface area contributed by atoms with E-state index in [0.717, 1.165) is 4.90 Å². The van der Waals surface area contributed by atoms with Crippen LogP contribution >= 0.6 is 0 Å². The second-order valence-corrected chi connectivity index (χ2v) is 6.42. The van der Waals surface area contributed by atoms with Gasteiger partial charge in [-0.25, -0.2) is 14.3 Å². The molecule has 2 aromatic carbocycles. The molecule has 2 aliphatic heterocycles. The van der Waals surface area contributed by atoms with Crippen LogP contribution in [0.25, 0.3) is 0 Å². The van der Waals surface area contributed by atoms with Gasteiger partial charge in [0.1, 0.15) is 5.82 Å². The number of hydrogen-bond acceptors (Lipinski definition) is 7. The van der Waals surface area contributed by atoms with Crippen molar-refractivity contribution in [2.75, 3.05) is 24.1 Å². The normalized spacial score (nSPS) is 20.7. The zero-order chi connectivity index (χ0) is 20.0. The Kier molecular flexibility index (Phi) is 4.21. The number of halogens is 1. The number of rotatable bonds is 4. The quantitative estimate of drug-likeness (QED) is 0.757. The number of amides is 2. The van der Waals surface area contributed by atoms with Gasteiger partial charge in [-0.3, -0.25) is 9.59 Å². The largest absolute Gasteiger partial charge is 0.493 e. The Hall–Kier alpha value is -3.49. The molecule has 1 saturated heterocycles. The first-order valence-corrected chi connectivity index (χ1v) is 8.52. The lowest BCUT2D eigenvalue weighted by Gasteiger charge is -2.21. The highest BCUT2D eigenvalue weighted by molar-refractivity contribution is 6.26. The smallest absolute Gasteiger partial charge is 0.263 e. The molecule has 0 spiro atoms. The molecular weight excluding hydrogens is 367 g/mol.